The lowest BCUT2D eigenvalue weighted by Gasteiger charge is -2.34. The van der Waals surface area contributed by atoms with Gasteiger partial charge in [0, 0.05) is 24.3 Å². The first-order valence-corrected chi connectivity index (χ1v) is 12.3. The number of carbonyl (C=O) groups excluding carboxylic acids is 2. The molecule has 2 aromatic carbocycles. The quantitative estimate of drug-likeness (QED) is 0.695. The summed E-state index contributed by atoms with van der Waals surface area (Å²) >= 11 is 0. The molecule has 2 atom stereocenters. The van der Waals surface area contributed by atoms with Gasteiger partial charge in [-0.15, -0.1) is 0 Å². The third-order valence-corrected chi connectivity index (χ3v) is 7.72. The molecule has 7 nitrogen and oxygen atoms in total. The fraction of sp³-hybridized carbons (Fsp3) is 0.417. The minimum atomic E-state index is -3.60. The van der Waals surface area contributed by atoms with E-state index in [2.05, 4.69) is 24.5 Å². The standard InChI is InChI=1S/C24H31N3O4S/c1-16-12-17(2)15-27(14-16)32(30,31)21-10-8-20(9-11-21)24(29)25-13-23(28)26-22-7-5-6-18(3)19(22)4/h5-11,16-17H,12-15H2,1-4H3,(H,25,29)(H,26,28). The van der Waals surface area contributed by atoms with E-state index in [1.165, 1.54) is 28.6 Å². The summed E-state index contributed by atoms with van der Waals surface area (Å²) < 4.78 is 27.5. The zero-order valence-corrected chi connectivity index (χ0v) is 19.8. The minimum absolute atomic E-state index is 0.169. The summed E-state index contributed by atoms with van der Waals surface area (Å²) in [7, 11) is -3.60. The van der Waals surface area contributed by atoms with Crippen molar-refractivity contribution < 1.29 is 18.0 Å². The van der Waals surface area contributed by atoms with Gasteiger partial charge in [0.05, 0.1) is 11.4 Å². The number of piperidine rings is 1. The van der Waals surface area contributed by atoms with E-state index in [0.29, 0.717) is 36.2 Å². The molecule has 0 bridgehead atoms. The second-order valence-electron chi connectivity index (χ2n) is 8.77. The number of benzene rings is 2. The smallest absolute Gasteiger partial charge is 0.251 e. The predicted octanol–water partition coefficient (Wildman–Crippen LogP) is 3.34. The number of carbonyl (C=O) groups is 2. The molecule has 0 spiro atoms. The molecule has 8 heteroatoms. The molecule has 2 aromatic rings. The van der Waals surface area contributed by atoms with Gasteiger partial charge in [-0.25, -0.2) is 8.42 Å². The summed E-state index contributed by atoms with van der Waals surface area (Å²) in [6.45, 7) is 8.82. The highest BCUT2D eigenvalue weighted by atomic mass is 32.2. The van der Waals surface area contributed by atoms with Crippen LogP contribution in [-0.4, -0.2) is 44.2 Å². The Balaban J connectivity index is 1.60. The highest BCUT2D eigenvalue weighted by Gasteiger charge is 2.31. The van der Waals surface area contributed by atoms with Crippen molar-refractivity contribution in [3.8, 4) is 0 Å². The van der Waals surface area contributed by atoms with Crippen LogP contribution in [0.25, 0.3) is 0 Å². The van der Waals surface area contributed by atoms with E-state index in [-0.39, 0.29) is 17.3 Å². The predicted molar refractivity (Wildman–Crippen MR) is 125 cm³/mol. The third kappa shape index (κ3) is 5.55. The van der Waals surface area contributed by atoms with E-state index in [4.69, 9.17) is 0 Å². The zero-order chi connectivity index (χ0) is 23.5. The van der Waals surface area contributed by atoms with E-state index in [9.17, 15) is 18.0 Å². The molecule has 1 fully saturated rings. The first-order valence-electron chi connectivity index (χ1n) is 10.8. The molecule has 32 heavy (non-hydrogen) atoms. The van der Waals surface area contributed by atoms with Crippen LogP contribution in [0.2, 0.25) is 0 Å². The van der Waals surface area contributed by atoms with Gasteiger partial charge in [0.25, 0.3) is 5.91 Å². The van der Waals surface area contributed by atoms with Crippen molar-refractivity contribution in [1.82, 2.24) is 9.62 Å². The van der Waals surface area contributed by atoms with E-state index in [1.807, 2.05) is 32.0 Å². The fourth-order valence-corrected chi connectivity index (χ4v) is 5.75. The average Bonchev–Trinajstić information content (AvgIpc) is 2.74. The summed E-state index contributed by atoms with van der Waals surface area (Å²) in [5, 5.41) is 5.37. The van der Waals surface area contributed by atoms with Crippen LogP contribution < -0.4 is 10.6 Å². The normalized spacial score (nSPS) is 19.4. The molecule has 0 aromatic heterocycles. The first kappa shape index (κ1) is 23.9. The van der Waals surface area contributed by atoms with Crippen molar-refractivity contribution in [2.24, 2.45) is 11.8 Å². The molecule has 0 saturated carbocycles. The van der Waals surface area contributed by atoms with Crippen molar-refractivity contribution in [3.05, 3.63) is 59.2 Å². The molecule has 1 heterocycles. The highest BCUT2D eigenvalue weighted by Crippen LogP contribution is 2.26. The summed E-state index contributed by atoms with van der Waals surface area (Å²) in [5.41, 5.74) is 3.04. The summed E-state index contributed by atoms with van der Waals surface area (Å²) in [4.78, 5) is 24.8. The van der Waals surface area contributed by atoms with Crippen molar-refractivity contribution in [2.45, 2.75) is 39.0 Å². The molecule has 1 saturated heterocycles. The van der Waals surface area contributed by atoms with Crippen LogP contribution in [0.4, 0.5) is 5.69 Å². The van der Waals surface area contributed by atoms with Gasteiger partial charge >= 0.3 is 0 Å². The molecule has 0 radical (unpaired) electrons. The second kappa shape index (κ2) is 9.83. The molecule has 3 rings (SSSR count). The molecule has 0 aliphatic carbocycles. The maximum atomic E-state index is 13.0. The number of hydrogen-bond donors (Lipinski definition) is 2. The SMILES string of the molecule is Cc1cccc(NC(=O)CNC(=O)c2ccc(S(=O)(=O)N3CC(C)CC(C)C3)cc2)c1C. The Hall–Kier alpha value is -2.71. The van der Waals surface area contributed by atoms with Gasteiger partial charge in [-0.05, 0) is 73.6 Å². The molecule has 172 valence electrons. The van der Waals surface area contributed by atoms with Gasteiger partial charge in [0.15, 0.2) is 0 Å². The van der Waals surface area contributed by atoms with Crippen LogP contribution in [-0.2, 0) is 14.8 Å². The monoisotopic (exact) mass is 457 g/mol. The molecule has 2 N–H and O–H groups in total. The second-order valence-corrected chi connectivity index (χ2v) is 10.7. The van der Waals surface area contributed by atoms with Crippen LogP contribution in [0.5, 0.6) is 0 Å². The van der Waals surface area contributed by atoms with Gasteiger partial charge in [-0.3, -0.25) is 9.59 Å². The minimum Gasteiger partial charge on any atom is -0.343 e. The van der Waals surface area contributed by atoms with E-state index in [0.717, 1.165) is 17.5 Å². The molecule has 2 amide bonds. The van der Waals surface area contributed by atoms with Gasteiger partial charge in [-0.1, -0.05) is 26.0 Å². The number of anilines is 1. The highest BCUT2D eigenvalue weighted by molar-refractivity contribution is 7.89. The van der Waals surface area contributed by atoms with Gasteiger partial charge in [0.2, 0.25) is 15.9 Å². The Morgan fingerprint density at radius 3 is 2.25 bits per heavy atom. The number of rotatable bonds is 6. The van der Waals surface area contributed by atoms with Gasteiger partial charge in [-0.2, -0.15) is 4.31 Å². The molecule has 1 aliphatic heterocycles. The Morgan fingerprint density at radius 2 is 1.62 bits per heavy atom. The lowest BCUT2D eigenvalue weighted by molar-refractivity contribution is -0.115. The number of hydrogen-bond acceptors (Lipinski definition) is 4. The Labute approximate surface area is 190 Å². The van der Waals surface area contributed by atoms with Crippen LogP contribution >= 0.6 is 0 Å². The largest absolute Gasteiger partial charge is 0.343 e. The number of aryl methyl sites for hydroxylation is 1. The van der Waals surface area contributed by atoms with Gasteiger partial charge < -0.3 is 10.6 Å². The van der Waals surface area contributed by atoms with Crippen LogP contribution in [0.1, 0.15) is 41.8 Å². The topological polar surface area (TPSA) is 95.6 Å². The fourth-order valence-electron chi connectivity index (χ4n) is 4.07. The van der Waals surface area contributed by atoms with Crippen LogP contribution in [0.15, 0.2) is 47.4 Å². The van der Waals surface area contributed by atoms with E-state index < -0.39 is 15.9 Å². The molecular weight excluding hydrogens is 426 g/mol. The van der Waals surface area contributed by atoms with Crippen LogP contribution in [0, 0.1) is 25.7 Å². The maximum Gasteiger partial charge on any atom is 0.251 e. The van der Waals surface area contributed by atoms with Crippen molar-refractivity contribution in [3.63, 3.8) is 0 Å². The summed E-state index contributed by atoms with van der Waals surface area (Å²) in [6, 6.07) is 11.5. The Bertz CT molecular complexity index is 1090. The lowest BCUT2D eigenvalue weighted by Crippen LogP contribution is -2.42. The van der Waals surface area contributed by atoms with Crippen LogP contribution in [0.3, 0.4) is 0 Å². The maximum absolute atomic E-state index is 13.0. The first-order chi connectivity index (χ1) is 15.1. The molecule has 1 aliphatic rings. The Kier molecular flexibility index (Phi) is 7.36. The molecular formula is C24H31N3O4S. The third-order valence-electron chi connectivity index (χ3n) is 5.88. The van der Waals surface area contributed by atoms with E-state index >= 15 is 0 Å². The van der Waals surface area contributed by atoms with Crippen molar-refractivity contribution >= 4 is 27.5 Å². The number of amides is 2. The molecule has 2 unspecified atom stereocenters. The Morgan fingerprint density at radius 1 is 1.00 bits per heavy atom. The van der Waals surface area contributed by atoms with Crippen molar-refractivity contribution in [2.75, 3.05) is 25.0 Å². The number of nitrogens with one attached hydrogen (secondary N) is 2. The summed E-state index contributed by atoms with van der Waals surface area (Å²) in [5.74, 6) is -0.147. The van der Waals surface area contributed by atoms with Gasteiger partial charge in [0.1, 0.15) is 0 Å². The zero-order valence-electron chi connectivity index (χ0n) is 19.0. The lowest BCUT2D eigenvalue weighted by atomic mass is 9.94. The summed E-state index contributed by atoms with van der Waals surface area (Å²) in [6.07, 6.45) is 1.02. The average molecular weight is 458 g/mol. The number of sulfonamides is 1. The number of nitrogens with zero attached hydrogens (tertiary/aromatic N) is 1. The van der Waals surface area contributed by atoms with E-state index in [1.54, 1.807) is 0 Å². The van der Waals surface area contributed by atoms with Crippen molar-refractivity contribution in [1.29, 1.82) is 0 Å².